The monoisotopic (exact) mass is 663 g/mol. The summed E-state index contributed by atoms with van der Waals surface area (Å²) in [6.45, 7) is 21.0. The highest BCUT2D eigenvalue weighted by molar-refractivity contribution is 7.20. The normalized spacial score (nSPS) is 11.2. The fourth-order valence-corrected chi connectivity index (χ4v) is 5.97. The summed E-state index contributed by atoms with van der Waals surface area (Å²) in [5.74, 6) is 1.54. The van der Waals surface area contributed by atoms with Crippen molar-refractivity contribution >= 4 is 62.0 Å². The van der Waals surface area contributed by atoms with Gasteiger partial charge in [0.05, 0.1) is 16.8 Å². The zero-order valence-electron chi connectivity index (χ0n) is 27.6. The second-order valence-electron chi connectivity index (χ2n) is 11.0. The Hall–Kier alpha value is -5.52. The zero-order chi connectivity index (χ0) is 34.2. The average Bonchev–Trinajstić information content (AvgIpc) is 3.70. The first-order valence-corrected chi connectivity index (χ1v) is 16.2. The number of azo groups is 1. The van der Waals surface area contributed by atoms with Gasteiger partial charge in [0.15, 0.2) is 17.3 Å². The van der Waals surface area contributed by atoms with Crippen LogP contribution in [0.3, 0.4) is 0 Å². The molecule has 5 rings (SSSR count). The van der Waals surface area contributed by atoms with E-state index in [-0.39, 0.29) is 17.4 Å². The molecular formula is C34H37N11O2S. The van der Waals surface area contributed by atoms with E-state index in [0.717, 1.165) is 39.0 Å². The van der Waals surface area contributed by atoms with Crippen LogP contribution in [0.5, 0.6) is 0 Å². The Kier molecular flexibility index (Phi) is 10.8. The van der Waals surface area contributed by atoms with Gasteiger partial charge in [0.2, 0.25) is 16.9 Å². The van der Waals surface area contributed by atoms with Crippen LogP contribution < -0.4 is 16.0 Å². The number of hydrogen-bond acceptors (Lipinski definition) is 11. The number of methoxy groups -OCH3 is 1. The lowest BCUT2D eigenvalue weighted by molar-refractivity contribution is -0.116. The van der Waals surface area contributed by atoms with Gasteiger partial charge in [-0.3, -0.25) is 4.79 Å². The summed E-state index contributed by atoms with van der Waals surface area (Å²) >= 11 is 1.41. The van der Waals surface area contributed by atoms with Crippen LogP contribution in [-0.4, -0.2) is 50.9 Å². The topological polar surface area (TPSA) is 148 Å². The van der Waals surface area contributed by atoms with Gasteiger partial charge in [-0.05, 0) is 62.1 Å². The highest BCUT2D eigenvalue weighted by Gasteiger charge is 2.18. The molecule has 5 aromatic rings. The number of amides is 1. The van der Waals surface area contributed by atoms with E-state index in [0.29, 0.717) is 54.4 Å². The number of benzene rings is 2. The van der Waals surface area contributed by atoms with Gasteiger partial charge in [0.25, 0.3) is 5.69 Å². The average molecular weight is 664 g/mol. The Morgan fingerprint density at radius 3 is 2.60 bits per heavy atom. The van der Waals surface area contributed by atoms with Crippen LogP contribution in [0.15, 0.2) is 59.4 Å². The number of hydrogen-bond donors (Lipinski definition) is 3. The third kappa shape index (κ3) is 7.88. The maximum absolute atomic E-state index is 11.6. The van der Waals surface area contributed by atoms with Crippen molar-refractivity contribution in [2.45, 2.75) is 47.1 Å². The van der Waals surface area contributed by atoms with Crippen molar-refractivity contribution in [3.63, 3.8) is 0 Å². The Balaban J connectivity index is 1.51. The lowest BCUT2D eigenvalue weighted by Gasteiger charge is -2.17. The number of ether oxygens (including phenoxy) is 1. The lowest BCUT2D eigenvalue weighted by atomic mass is 10.1. The third-order valence-electron chi connectivity index (χ3n) is 7.32. The van der Waals surface area contributed by atoms with Crippen molar-refractivity contribution < 1.29 is 9.53 Å². The molecule has 2 aromatic carbocycles. The molecule has 0 spiro atoms. The molecule has 0 bridgehead atoms. The summed E-state index contributed by atoms with van der Waals surface area (Å²) in [6, 6.07) is 9.98. The van der Waals surface area contributed by atoms with E-state index in [1.165, 1.54) is 27.7 Å². The van der Waals surface area contributed by atoms with Crippen LogP contribution in [0.2, 0.25) is 0 Å². The molecule has 0 aliphatic carbocycles. The molecule has 0 atom stereocenters. The molecule has 14 heteroatoms. The van der Waals surface area contributed by atoms with E-state index >= 15 is 0 Å². The van der Waals surface area contributed by atoms with E-state index in [1.807, 2.05) is 39.0 Å². The molecule has 0 aliphatic heterocycles. The molecule has 0 radical (unpaired) electrons. The predicted molar refractivity (Wildman–Crippen MR) is 190 cm³/mol. The van der Waals surface area contributed by atoms with Gasteiger partial charge in [-0.1, -0.05) is 48.6 Å². The molecule has 246 valence electrons. The fourth-order valence-electron chi connectivity index (χ4n) is 5.01. The van der Waals surface area contributed by atoms with Crippen LogP contribution in [0, 0.1) is 27.3 Å². The van der Waals surface area contributed by atoms with Crippen molar-refractivity contribution in [2.75, 3.05) is 30.9 Å². The van der Waals surface area contributed by atoms with E-state index < -0.39 is 0 Å². The summed E-state index contributed by atoms with van der Waals surface area (Å²) in [7, 11) is 1.67. The summed E-state index contributed by atoms with van der Waals surface area (Å²) in [5, 5.41) is 23.8. The number of thiazole rings is 1. The molecule has 48 heavy (non-hydrogen) atoms. The smallest absolute Gasteiger partial charge is 0.252 e. The summed E-state index contributed by atoms with van der Waals surface area (Å²) in [6.07, 6.45) is 4.20. The Morgan fingerprint density at radius 2 is 1.90 bits per heavy atom. The SMILES string of the molecule is [C-]#[N+]c1cn(-c2nc3ccc(CNC(=O)C=C)cc3s2)nc1N=Nc1c(NCCCOC)nc(CC)nc1Nc1c(C)cc(C)cc1C. The number of anilines is 3. The quantitative estimate of drug-likeness (QED) is 0.0473. The van der Waals surface area contributed by atoms with Crippen LogP contribution in [0.1, 0.15) is 41.4 Å². The van der Waals surface area contributed by atoms with Crippen molar-refractivity contribution in [1.29, 1.82) is 0 Å². The molecule has 0 aliphatic rings. The summed E-state index contributed by atoms with van der Waals surface area (Å²) in [5.41, 5.74) is 6.54. The first kappa shape index (κ1) is 33.8. The molecule has 0 fully saturated rings. The van der Waals surface area contributed by atoms with Crippen LogP contribution in [0.4, 0.5) is 34.5 Å². The lowest BCUT2D eigenvalue weighted by Crippen LogP contribution is -2.19. The summed E-state index contributed by atoms with van der Waals surface area (Å²) in [4.78, 5) is 29.5. The Morgan fingerprint density at radius 1 is 1.12 bits per heavy atom. The molecule has 13 nitrogen and oxygen atoms in total. The zero-order valence-corrected chi connectivity index (χ0v) is 28.4. The molecule has 0 unspecified atom stereocenters. The van der Waals surface area contributed by atoms with E-state index in [1.54, 1.807) is 13.3 Å². The fraction of sp³-hybridized carbons (Fsp3) is 0.294. The summed E-state index contributed by atoms with van der Waals surface area (Å²) < 4.78 is 7.67. The first-order chi connectivity index (χ1) is 23.2. The molecule has 3 N–H and O–H groups in total. The van der Waals surface area contributed by atoms with Gasteiger partial charge in [-0.15, -0.1) is 10.2 Å². The number of rotatable bonds is 14. The number of carbonyl (C=O) groups excluding carboxylic acids is 1. The van der Waals surface area contributed by atoms with Crippen molar-refractivity contribution in [3.05, 3.63) is 88.7 Å². The predicted octanol–water partition coefficient (Wildman–Crippen LogP) is 7.72. The number of nitrogens with zero attached hydrogens (tertiary/aromatic N) is 8. The second kappa shape index (κ2) is 15.4. The highest BCUT2D eigenvalue weighted by atomic mass is 32.1. The highest BCUT2D eigenvalue weighted by Crippen LogP contribution is 2.38. The first-order valence-electron chi connectivity index (χ1n) is 15.4. The van der Waals surface area contributed by atoms with Crippen LogP contribution in [-0.2, 0) is 22.5 Å². The minimum atomic E-state index is -0.241. The molecule has 3 aromatic heterocycles. The maximum Gasteiger partial charge on any atom is 0.252 e. The number of fused-ring (bicyclic) bond motifs is 1. The number of carbonyl (C=O) groups is 1. The molecule has 0 saturated carbocycles. The van der Waals surface area contributed by atoms with E-state index in [4.69, 9.17) is 26.3 Å². The number of aromatic nitrogens is 5. The van der Waals surface area contributed by atoms with Crippen molar-refractivity contribution in [2.24, 2.45) is 10.2 Å². The van der Waals surface area contributed by atoms with E-state index in [2.05, 4.69) is 61.8 Å². The van der Waals surface area contributed by atoms with Gasteiger partial charge < -0.3 is 20.7 Å². The largest absolute Gasteiger partial charge is 0.385 e. The second-order valence-corrected chi connectivity index (χ2v) is 12.0. The van der Waals surface area contributed by atoms with Gasteiger partial charge in [0.1, 0.15) is 5.82 Å². The van der Waals surface area contributed by atoms with Crippen molar-refractivity contribution in [1.82, 2.24) is 30.0 Å². The van der Waals surface area contributed by atoms with Gasteiger partial charge in [-0.25, -0.2) is 24.5 Å². The molecular weight excluding hydrogens is 627 g/mol. The van der Waals surface area contributed by atoms with Gasteiger partial charge in [0, 0.05) is 45.1 Å². The Bertz CT molecular complexity index is 2020. The van der Waals surface area contributed by atoms with Crippen molar-refractivity contribution in [3.8, 4) is 5.13 Å². The molecule has 0 saturated heterocycles. The van der Waals surface area contributed by atoms with E-state index in [9.17, 15) is 4.79 Å². The standard InChI is InChI=1S/C34H37N11O2S/c1-8-27-39-32(36-13-10-14-47-7)30(33(40-27)41-29-21(4)15-20(3)16-22(29)5)42-43-31-25(35-6)19-45(44-31)34-38-24-12-11-23(17-26(24)48-34)18-37-28(46)9-2/h9,11-12,15-17,19H,2,8,10,13-14,18H2,1,3-5,7H3,(H,37,46)(H2,36,39,40,41). The minimum absolute atomic E-state index is 0.135. The van der Waals surface area contributed by atoms with Crippen LogP contribution >= 0.6 is 11.3 Å². The Labute approximate surface area is 283 Å². The van der Waals surface area contributed by atoms with Gasteiger partial charge in [-0.2, -0.15) is 5.10 Å². The van der Waals surface area contributed by atoms with Crippen LogP contribution in [0.25, 0.3) is 20.2 Å². The third-order valence-corrected chi connectivity index (χ3v) is 8.32. The minimum Gasteiger partial charge on any atom is -0.385 e. The number of aryl methyl sites for hydroxylation is 4. The molecule has 1 amide bonds. The number of nitrogens with one attached hydrogen (secondary N) is 3. The molecule has 3 heterocycles. The van der Waals surface area contributed by atoms with Gasteiger partial charge >= 0.3 is 0 Å². The maximum atomic E-state index is 11.6.